The van der Waals surface area contributed by atoms with Crippen LogP contribution in [-0.4, -0.2) is 72.0 Å². The number of hydrogen-bond donors (Lipinski definition) is 5. The molecule has 5 atom stereocenters. The number of hydrogen-bond acceptors (Lipinski definition) is 11. The number of ether oxygens (including phenoxy) is 1. The predicted octanol–water partition coefficient (Wildman–Crippen LogP) is -0.916. The van der Waals surface area contributed by atoms with E-state index in [1.165, 1.54) is 10.9 Å². The smallest absolute Gasteiger partial charge is 0.443 e. The lowest BCUT2D eigenvalue weighted by Gasteiger charge is -2.28. The van der Waals surface area contributed by atoms with Crippen molar-refractivity contribution in [3.05, 3.63) is 11.6 Å². The molecule has 3 heterocycles. The zero-order valence-electron chi connectivity index (χ0n) is 13.6. The Hall–Kier alpha value is -1.12. The van der Waals surface area contributed by atoms with E-state index in [0.717, 1.165) is 0 Å². The summed E-state index contributed by atoms with van der Waals surface area (Å²) in [5.74, 6) is -0.0136. The number of rotatable bonds is 6. The van der Waals surface area contributed by atoms with Crippen molar-refractivity contribution in [3.8, 4) is 0 Å². The van der Waals surface area contributed by atoms with Crippen LogP contribution in [0.4, 0.5) is 5.82 Å². The molecule has 0 bridgehead atoms. The maximum atomic E-state index is 11.7. The number of nitrogen functional groups attached to an aromatic ring is 1. The quantitative estimate of drug-likeness (QED) is 0.203. The topological polar surface area (TPSA) is 212 Å². The largest absolute Gasteiger partial charge is 0.474 e. The summed E-state index contributed by atoms with van der Waals surface area (Å²) < 4.78 is 37.6. The van der Waals surface area contributed by atoms with Crippen molar-refractivity contribution in [1.29, 1.82) is 0 Å². The monoisotopic (exact) mass is 455 g/mol. The summed E-state index contributed by atoms with van der Waals surface area (Å²) in [6.07, 6.45) is -4.35. The minimum Gasteiger partial charge on any atom is -0.443 e. The van der Waals surface area contributed by atoms with Gasteiger partial charge in [-0.1, -0.05) is 0 Å². The van der Waals surface area contributed by atoms with E-state index < -0.39 is 46.4 Å². The number of anilines is 1. The van der Waals surface area contributed by atoms with Gasteiger partial charge in [-0.05, 0) is 11.6 Å². The highest BCUT2D eigenvalue weighted by Crippen LogP contribution is 2.57. The van der Waals surface area contributed by atoms with E-state index in [-0.39, 0.29) is 22.3 Å². The van der Waals surface area contributed by atoms with Gasteiger partial charge in [0.05, 0.1) is 20.4 Å². The summed E-state index contributed by atoms with van der Waals surface area (Å²) in [7, 11) is -4.78. The molecule has 14 nitrogen and oxygen atoms in total. The Balaban J connectivity index is 1.78. The van der Waals surface area contributed by atoms with Gasteiger partial charge in [0, 0.05) is 0 Å². The molecule has 2 aromatic heterocycles. The molecule has 153 valence electrons. The molecule has 3 radical (unpaired) electrons. The summed E-state index contributed by atoms with van der Waals surface area (Å²) in [5.41, 5.74) is 5.99. The number of phosphoric acid groups is 1. The highest BCUT2D eigenvalue weighted by molar-refractivity contribution is 7.83. The molecular weight excluding hydrogens is 442 g/mol. The second-order valence-electron chi connectivity index (χ2n) is 5.66. The van der Waals surface area contributed by atoms with Crippen LogP contribution in [0, 0.1) is 0 Å². The fourth-order valence-electron chi connectivity index (χ4n) is 2.54. The van der Waals surface area contributed by atoms with Crippen LogP contribution >= 0.6 is 26.9 Å². The van der Waals surface area contributed by atoms with Gasteiger partial charge in [-0.15, -0.1) is 0 Å². The van der Waals surface area contributed by atoms with E-state index in [1.54, 1.807) is 0 Å². The lowest BCUT2D eigenvalue weighted by Crippen LogP contribution is -2.33. The molecule has 0 aliphatic carbocycles. The number of imidazole rings is 1. The Morgan fingerprint density at radius 1 is 1.32 bits per heavy atom. The first kappa shape index (κ1) is 21.6. The fourth-order valence-corrected chi connectivity index (χ4v) is 4.44. The summed E-state index contributed by atoms with van der Waals surface area (Å²) in [4.78, 5) is 29.0. The third-order valence-electron chi connectivity index (χ3n) is 3.67. The highest BCUT2D eigenvalue weighted by atomic mass is 35.5. The van der Waals surface area contributed by atoms with E-state index in [0.29, 0.717) is 0 Å². The molecule has 0 amide bonds. The van der Waals surface area contributed by atoms with Crippen molar-refractivity contribution in [2.45, 2.75) is 24.5 Å². The highest BCUT2D eigenvalue weighted by Gasteiger charge is 2.44. The molecule has 0 aromatic carbocycles. The lowest BCUT2D eigenvalue weighted by atomic mass is 10.1. The molecule has 2 aromatic rings. The van der Waals surface area contributed by atoms with E-state index in [2.05, 4.69) is 23.8 Å². The molecule has 0 saturated carbocycles. The van der Waals surface area contributed by atoms with Crippen LogP contribution in [0.15, 0.2) is 6.33 Å². The van der Waals surface area contributed by atoms with Crippen molar-refractivity contribution in [2.24, 2.45) is 0 Å². The molecule has 0 spiro atoms. The van der Waals surface area contributed by atoms with Gasteiger partial charge in [0.15, 0.2) is 17.7 Å². The van der Waals surface area contributed by atoms with Gasteiger partial charge >= 0.3 is 7.82 Å². The van der Waals surface area contributed by atoms with Crippen LogP contribution in [0.25, 0.3) is 11.2 Å². The van der Waals surface area contributed by atoms with Crippen LogP contribution in [0.5, 0.6) is 0 Å². The number of halogens is 1. The third-order valence-corrected chi connectivity index (χ3v) is 6.11. The fraction of sp³-hybridized carbons (Fsp3) is 0.500. The zero-order valence-corrected chi connectivity index (χ0v) is 16.2. The van der Waals surface area contributed by atoms with Crippen LogP contribution in [-0.2, 0) is 22.7 Å². The maximum Gasteiger partial charge on any atom is 0.474 e. The molecule has 18 heteroatoms. The third kappa shape index (κ3) is 4.55. The number of aliphatic hydroxyl groups excluding tert-OH is 2. The van der Waals surface area contributed by atoms with Gasteiger partial charge in [0.1, 0.15) is 23.8 Å². The van der Waals surface area contributed by atoms with Gasteiger partial charge in [-0.25, -0.2) is 13.9 Å². The average molecular weight is 455 g/mol. The number of aliphatic hydroxyl groups is 2. The zero-order chi connectivity index (χ0) is 20.9. The predicted molar refractivity (Wildman–Crippen MR) is 93.1 cm³/mol. The van der Waals surface area contributed by atoms with Gasteiger partial charge in [-0.2, -0.15) is 9.97 Å². The molecule has 1 aliphatic rings. The van der Waals surface area contributed by atoms with Gasteiger partial charge in [0.2, 0.25) is 5.28 Å². The van der Waals surface area contributed by atoms with Crippen LogP contribution in [0.2, 0.25) is 5.28 Å². The van der Waals surface area contributed by atoms with Crippen LogP contribution in [0.3, 0.4) is 0 Å². The minimum absolute atomic E-state index is 0.0136. The van der Waals surface area contributed by atoms with Gasteiger partial charge in [0.25, 0.3) is 0 Å². The molecule has 1 saturated heterocycles. The molecule has 3 rings (SSSR count). The molecule has 0 unspecified atom stereocenters. The Bertz CT molecular complexity index is 988. The summed E-state index contributed by atoms with van der Waals surface area (Å²) in [5, 5.41) is 20.2. The van der Waals surface area contributed by atoms with E-state index in [9.17, 15) is 19.3 Å². The second-order valence-corrected chi connectivity index (χ2v) is 8.97. The van der Waals surface area contributed by atoms with Crippen LogP contribution in [0.1, 0.15) is 6.23 Å². The maximum absolute atomic E-state index is 11.7. The van der Waals surface area contributed by atoms with E-state index >= 15 is 0 Å². The molecular formula is C10H13BClN5O9P2-. The number of nitrogens with two attached hydrogens (primary N) is 1. The summed E-state index contributed by atoms with van der Waals surface area (Å²) >= 11 is 5.77. The molecule has 1 aliphatic heterocycles. The number of nitrogens with zero attached hydrogens (tertiary/aromatic N) is 4. The molecule has 1 fully saturated rings. The summed E-state index contributed by atoms with van der Waals surface area (Å²) in [6.45, 7) is -0.715. The van der Waals surface area contributed by atoms with Gasteiger partial charge in [-0.3, -0.25) is 4.57 Å². The Morgan fingerprint density at radius 3 is 2.64 bits per heavy atom. The standard InChI is InChI=1S/C10H13BClN5O9P2/c11-27(20,26-28(21,22)23)24-1-3-5(18)6(19)9(25-3)17-2-14-4-7(13)15-10(12)16-8(4)17/h2-3,5-6,9,18-19H,1H2,(H2,13,15,16)(H2,21,22,23)/q-1/t3-,5-,6-,9-,27+/m1/s1. The Morgan fingerprint density at radius 2 is 2.00 bits per heavy atom. The molecule has 28 heavy (non-hydrogen) atoms. The first-order valence-electron chi connectivity index (χ1n) is 7.35. The SMILES string of the molecule is [B-][P@](=O)(OC[C@H]1O[C@@H](n2cnc3c(N)nc(Cl)nc32)[C@H](O)[C@@H]1O)OP(=O)(O)O. The average Bonchev–Trinajstić information content (AvgIpc) is 3.06. The van der Waals surface area contributed by atoms with Gasteiger partial charge < -0.3 is 47.1 Å². The van der Waals surface area contributed by atoms with Crippen molar-refractivity contribution in [2.75, 3.05) is 12.3 Å². The first-order chi connectivity index (χ1) is 12.9. The first-order valence-corrected chi connectivity index (χ1v) is 10.9. The van der Waals surface area contributed by atoms with Crippen molar-refractivity contribution in [1.82, 2.24) is 19.5 Å². The number of fused-ring (bicyclic) bond motifs is 1. The Labute approximate surface area is 162 Å². The van der Waals surface area contributed by atoms with Crippen molar-refractivity contribution < 1.29 is 42.7 Å². The molecule has 6 N–H and O–H groups in total. The number of aromatic nitrogens is 4. The second kappa shape index (κ2) is 7.61. The van der Waals surface area contributed by atoms with Crippen molar-refractivity contribution >= 4 is 51.4 Å². The Kier molecular flexibility index (Phi) is 5.87. The normalized spacial score (nSPS) is 27.9. The minimum atomic E-state index is -5.18. The van der Waals surface area contributed by atoms with Crippen molar-refractivity contribution in [3.63, 3.8) is 0 Å². The lowest BCUT2D eigenvalue weighted by molar-refractivity contribution is -0.0479. The van der Waals surface area contributed by atoms with Crippen LogP contribution < -0.4 is 5.73 Å². The van der Waals surface area contributed by atoms with E-state index in [1.807, 2.05) is 0 Å². The summed E-state index contributed by atoms with van der Waals surface area (Å²) in [6, 6.07) is 0. The van der Waals surface area contributed by atoms with E-state index in [4.69, 9.17) is 39.4 Å².